The summed E-state index contributed by atoms with van der Waals surface area (Å²) < 4.78 is 70.0. The van der Waals surface area contributed by atoms with E-state index in [1.165, 1.54) is 17.7 Å². The van der Waals surface area contributed by atoms with Crippen molar-refractivity contribution in [3.05, 3.63) is 47.0 Å². The van der Waals surface area contributed by atoms with E-state index < -0.39 is 27.3 Å². The number of rotatable bonds is 4. The fraction of sp³-hybridized carbons (Fsp3) is 0.435. The molecular formula is C23H25F4N5OS. The van der Waals surface area contributed by atoms with Crippen molar-refractivity contribution in [2.45, 2.75) is 31.9 Å². The Morgan fingerprint density at radius 3 is 2.38 bits per heavy atom. The molecule has 3 aromatic rings. The first kappa shape index (κ1) is 23.1. The lowest BCUT2D eigenvalue weighted by Gasteiger charge is -2.35. The topological polar surface area (TPSA) is 54.3 Å². The molecule has 0 radical (unpaired) electrons. The first-order chi connectivity index (χ1) is 15.9. The van der Waals surface area contributed by atoms with Crippen LogP contribution in [-0.2, 0) is 15.9 Å². The summed E-state index contributed by atoms with van der Waals surface area (Å²) in [5.41, 5.74) is 0.153. The highest BCUT2D eigenvalue weighted by Gasteiger charge is 2.36. The van der Waals surface area contributed by atoms with Crippen LogP contribution in [0.4, 0.5) is 23.4 Å². The van der Waals surface area contributed by atoms with Crippen LogP contribution in [0.3, 0.4) is 0 Å². The lowest BCUT2D eigenvalue weighted by Crippen LogP contribution is -2.48. The zero-order valence-electron chi connectivity index (χ0n) is 18.9. The fourth-order valence-electron chi connectivity index (χ4n) is 4.44. The molecule has 2 fully saturated rings. The first-order valence-corrected chi connectivity index (χ1v) is 13.1. The van der Waals surface area contributed by atoms with Crippen LogP contribution in [0, 0.1) is 12.7 Å². The molecule has 1 aliphatic heterocycles. The van der Waals surface area contributed by atoms with Gasteiger partial charge in [0.2, 0.25) is 0 Å². The number of aryl methyl sites for hydroxylation is 1. The first-order valence-electron chi connectivity index (χ1n) is 11.0. The van der Waals surface area contributed by atoms with E-state index in [-0.39, 0.29) is 17.2 Å². The van der Waals surface area contributed by atoms with Crippen molar-refractivity contribution < 1.29 is 21.8 Å². The van der Waals surface area contributed by atoms with Gasteiger partial charge in [0, 0.05) is 53.4 Å². The molecule has 6 nitrogen and oxygen atoms in total. The zero-order valence-corrected chi connectivity index (χ0v) is 19.7. The molecule has 0 bridgehead atoms. The van der Waals surface area contributed by atoms with E-state index in [1.54, 1.807) is 12.5 Å². The number of aromatic nitrogens is 3. The Morgan fingerprint density at radius 1 is 1.12 bits per heavy atom. The van der Waals surface area contributed by atoms with Gasteiger partial charge in [-0.15, -0.1) is 0 Å². The molecule has 5 rings (SSSR count). The highest BCUT2D eigenvalue weighted by molar-refractivity contribution is 7.97. The molecule has 1 aliphatic carbocycles. The molecule has 2 aromatic heterocycles. The number of anilines is 1. The summed E-state index contributed by atoms with van der Waals surface area (Å²) in [6.45, 7) is 3.79. The van der Waals surface area contributed by atoms with Crippen molar-refractivity contribution in [2.75, 3.05) is 37.3 Å². The molecule has 0 amide bonds. The van der Waals surface area contributed by atoms with Crippen molar-refractivity contribution in [3.63, 3.8) is 0 Å². The summed E-state index contributed by atoms with van der Waals surface area (Å²) >= 11 is 0. The van der Waals surface area contributed by atoms with Crippen molar-refractivity contribution in [2.24, 2.45) is 0 Å². The Labute approximate surface area is 195 Å². The van der Waals surface area contributed by atoms with E-state index >= 15 is 0 Å². The number of benzene rings is 1. The van der Waals surface area contributed by atoms with Crippen molar-refractivity contribution in [1.82, 2.24) is 19.1 Å². The maximum Gasteiger partial charge on any atom is 0.419 e. The minimum atomic E-state index is -4.81. The van der Waals surface area contributed by atoms with Crippen molar-refractivity contribution >= 4 is 32.3 Å². The van der Waals surface area contributed by atoms with Crippen molar-refractivity contribution in [3.8, 4) is 5.69 Å². The van der Waals surface area contributed by atoms with Gasteiger partial charge in [-0.3, -0.25) is 4.21 Å². The van der Waals surface area contributed by atoms with Gasteiger partial charge in [-0.25, -0.2) is 18.4 Å². The van der Waals surface area contributed by atoms with E-state index in [0.717, 1.165) is 35.8 Å². The minimum Gasteiger partial charge on any atom is -0.354 e. The van der Waals surface area contributed by atoms with Gasteiger partial charge in [-0.05, 0) is 49.4 Å². The Kier molecular flexibility index (Phi) is 5.40. The van der Waals surface area contributed by atoms with Crippen LogP contribution in [0.2, 0.25) is 0 Å². The normalized spacial score (nSPS) is 19.5. The number of alkyl halides is 3. The SMILES string of the molecule is C=S(C)(=O)N1CCN(c2cc3c(C4CC4)nn(-c4cc(C)c(F)c(C(F)(F)F)c4)c3cn2)CC1. The Bertz CT molecular complexity index is 1370. The molecule has 1 saturated carbocycles. The summed E-state index contributed by atoms with van der Waals surface area (Å²) in [6, 6.07) is 4.11. The molecule has 34 heavy (non-hydrogen) atoms. The average Bonchev–Trinajstić information content (AvgIpc) is 3.54. The van der Waals surface area contributed by atoms with Gasteiger partial charge in [0.05, 0.1) is 28.7 Å². The Balaban J connectivity index is 1.56. The third kappa shape index (κ3) is 4.15. The summed E-state index contributed by atoms with van der Waals surface area (Å²) in [7, 11) is -2.26. The van der Waals surface area contributed by atoms with Gasteiger partial charge >= 0.3 is 6.18 Å². The predicted molar refractivity (Wildman–Crippen MR) is 126 cm³/mol. The maximum absolute atomic E-state index is 14.2. The van der Waals surface area contributed by atoms with Crippen LogP contribution in [0.25, 0.3) is 16.6 Å². The number of pyridine rings is 1. The highest BCUT2D eigenvalue weighted by atomic mass is 32.2. The summed E-state index contributed by atoms with van der Waals surface area (Å²) in [5, 5.41) is 5.50. The highest BCUT2D eigenvalue weighted by Crippen LogP contribution is 2.44. The van der Waals surface area contributed by atoms with Gasteiger partial charge in [0.15, 0.2) is 0 Å². The maximum atomic E-state index is 14.2. The summed E-state index contributed by atoms with van der Waals surface area (Å²) in [5.74, 6) is 3.47. The quantitative estimate of drug-likeness (QED) is 0.403. The molecule has 2 aliphatic rings. The number of fused-ring (bicyclic) bond motifs is 1. The monoisotopic (exact) mass is 495 g/mol. The van der Waals surface area contributed by atoms with Gasteiger partial charge in [-0.2, -0.15) is 18.3 Å². The average molecular weight is 496 g/mol. The second kappa shape index (κ2) is 7.94. The molecule has 11 heteroatoms. The van der Waals surface area contributed by atoms with Crippen LogP contribution >= 0.6 is 0 Å². The third-order valence-electron chi connectivity index (χ3n) is 6.44. The lowest BCUT2D eigenvalue weighted by molar-refractivity contribution is -0.140. The molecule has 1 saturated heterocycles. The fourth-order valence-corrected chi connectivity index (χ4v) is 5.37. The van der Waals surface area contributed by atoms with E-state index in [4.69, 9.17) is 0 Å². The number of hydrogen-bond donors (Lipinski definition) is 0. The second-order valence-corrected chi connectivity index (χ2v) is 11.6. The number of piperazine rings is 1. The summed E-state index contributed by atoms with van der Waals surface area (Å²) in [6.07, 6.45) is 0.369. The standard InChI is InChI=1S/C23H25F4N5OS/c1-14-10-16(11-18(21(14)24)23(25,26)27)32-19-13-28-20(12-17(19)22(29-32)15-4-5-15)30-6-8-31(9-7-30)34(2,3)33/h10-13,15H,2,4-9H2,1,3H3. The third-order valence-corrected chi connectivity index (χ3v) is 7.90. The Hall–Kier alpha value is -2.66. The molecule has 0 spiro atoms. The number of halogens is 4. The van der Waals surface area contributed by atoms with Crippen LogP contribution in [-0.4, -0.2) is 61.6 Å². The summed E-state index contributed by atoms with van der Waals surface area (Å²) in [4.78, 5) is 6.67. The molecular weight excluding hydrogens is 470 g/mol. The molecule has 0 N–H and O–H groups in total. The van der Waals surface area contributed by atoms with E-state index in [0.29, 0.717) is 31.7 Å². The molecule has 182 valence electrons. The van der Waals surface area contributed by atoms with E-state index in [1.807, 2.05) is 10.4 Å². The molecule has 3 heterocycles. The van der Waals surface area contributed by atoms with Gasteiger partial charge in [0.1, 0.15) is 11.6 Å². The van der Waals surface area contributed by atoms with Gasteiger partial charge in [0.25, 0.3) is 0 Å². The van der Waals surface area contributed by atoms with Crippen molar-refractivity contribution in [1.29, 1.82) is 0 Å². The second-order valence-electron chi connectivity index (χ2n) is 9.13. The largest absolute Gasteiger partial charge is 0.419 e. The minimum absolute atomic E-state index is 0.0955. The van der Waals surface area contributed by atoms with Crippen LogP contribution in [0.15, 0.2) is 24.4 Å². The molecule has 1 atom stereocenters. The molecule has 1 aromatic carbocycles. The zero-order chi connectivity index (χ0) is 24.4. The van der Waals surface area contributed by atoms with E-state index in [2.05, 4.69) is 20.9 Å². The number of nitrogens with zero attached hydrogens (tertiary/aromatic N) is 5. The number of hydrogen-bond acceptors (Lipinski definition) is 4. The Morgan fingerprint density at radius 2 is 1.79 bits per heavy atom. The van der Waals surface area contributed by atoms with Gasteiger partial charge < -0.3 is 4.90 Å². The van der Waals surface area contributed by atoms with Gasteiger partial charge in [-0.1, -0.05) is 0 Å². The molecule has 1 unspecified atom stereocenters. The van der Waals surface area contributed by atoms with Crippen LogP contribution in [0.5, 0.6) is 0 Å². The van der Waals surface area contributed by atoms with E-state index in [9.17, 15) is 21.8 Å². The van der Waals surface area contributed by atoms with Crippen LogP contribution < -0.4 is 4.90 Å². The smallest absolute Gasteiger partial charge is 0.354 e. The predicted octanol–water partition coefficient (Wildman–Crippen LogP) is 4.15. The van der Waals surface area contributed by atoms with Crippen LogP contribution in [0.1, 0.15) is 35.6 Å². The lowest BCUT2D eigenvalue weighted by atomic mass is 10.1.